The van der Waals surface area contributed by atoms with E-state index in [1.54, 1.807) is 0 Å². The van der Waals surface area contributed by atoms with E-state index in [0.29, 0.717) is 39.0 Å². The summed E-state index contributed by atoms with van der Waals surface area (Å²) in [6.45, 7) is 13.0. The average Bonchev–Trinajstić information content (AvgIpc) is 3.81. The van der Waals surface area contributed by atoms with E-state index in [0.717, 1.165) is 135 Å². The van der Waals surface area contributed by atoms with Gasteiger partial charge < -0.3 is 19.1 Å². The molecule has 1 N–H and O–H groups in total. The first-order valence-electron chi connectivity index (χ1n) is 26.4. The number of esters is 2. The summed E-state index contributed by atoms with van der Waals surface area (Å²) in [6.07, 6.45) is 39.8. The van der Waals surface area contributed by atoms with E-state index in [2.05, 4.69) is 37.3 Å². The lowest BCUT2D eigenvalue weighted by Crippen LogP contribution is -2.36. The highest BCUT2D eigenvalue weighted by atomic mass is 32.2. The second-order valence-corrected chi connectivity index (χ2v) is 20.5. The van der Waals surface area contributed by atoms with Gasteiger partial charge in [-0.05, 0) is 103 Å². The zero-order chi connectivity index (χ0) is 44.5. The zero-order valence-corrected chi connectivity index (χ0v) is 41.5. The highest BCUT2D eigenvalue weighted by molar-refractivity contribution is 7.90. The van der Waals surface area contributed by atoms with Crippen LogP contribution >= 0.6 is 0 Å². The van der Waals surface area contributed by atoms with Crippen LogP contribution in [0.15, 0.2) is 0 Å². The average molecular weight is 885 g/mol. The Morgan fingerprint density at radius 2 is 0.934 bits per heavy atom. The van der Waals surface area contributed by atoms with Gasteiger partial charge in [-0.25, -0.2) is 13.1 Å². The molecule has 0 aromatic carbocycles. The molecule has 0 spiro atoms. The van der Waals surface area contributed by atoms with Crippen LogP contribution in [0.1, 0.15) is 259 Å². The first-order chi connectivity index (χ1) is 29.7. The molecule has 2 unspecified atom stereocenters. The summed E-state index contributed by atoms with van der Waals surface area (Å²) in [5.74, 6) is -0.0423. The maximum atomic E-state index is 12.9. The summed E-state index contributed by atoms with van der Waals surface area (Å²) >= 11 is 0. The van der Waals surface area contributed by atoms with Crippen molar-refractivity contribution in [2.45, 2.75) is 276 Å². The molecule has 0 bridgehead atoms. The van der Waals surface area contributed by atoms with Crippen molar-refractivity contribution < 1.29 is 32.2 Å². The Labute approximate surface area is 378 Å². The van der Waals surface area contributed by atoms with Gasteiger partial charge in [0.25, 0.3) is 0 Å². The third kappa shape index (κ3) is 34.8. The SMILES string of the molecule is CCCCCCCCC(CC)OC(=O)CCCCCCCN(CCCCCCCC(=O)OC(CCCCCCCC)CCCCCCCC)CCCNS(=O)(=O)C1CCOC1. The van der Waals surface area contributed by atoms with E-state index in [4.69, 9.17) is 14.2 Å². The molecule has 1 aliphatic heterocycles. The van der Waals surface area contributed by atoms with E-state index in [1.807, 2.05) is 0 Å². The van der Waals surface area contributed by atoms with Crippen LogP contribution < -0.4 is 4.72 Å². The largest absolute Gasteiger partial charge is 0.462 e. The highest BCUT2D eigenvalue weighted by Gasteiger charge is 2.29. The summed E-state index contributed by atoms with van der Waals surface area (Å²) < 4.78 is 45.3. The minimum Gasteiger partial charge on any atom is -0.462 e. The molecule has 0 saturated carbocycles. The van der Waals surface area contributed by atoms with E-state index < -0.39 is 15.3 Å². The molecule has 1 saturated heterocycles. The molecular weight excluding hydrogens is 785 g/mol. The lowest BCUT2D eigenvalue weighted by molar-refractivity contribution is -0.150. The fraction of sp³-hybridized carbons (Fsp3) is 0.961. The molecule has 0 aromatic heterocycles. The molecule has 9 nitrogen and oxygen atoms in total. The first kappa shape index (κ1) is 57.8. The van der Waals surface area contributed by atoms with Gasteiger partial charge in [-0.2, -0.15) is 0 Å². The molecule has 1 rings (SSSR count). The maximum Gasteiger partial charge on any atom is 0.306 e. The normalized spacial score (nSPS) is 15.0. The molecule has 2 atom stereocenters. The van der Waals surface area contributed by atoms with E-state index >= 15 is 0 Å². The quantitative estimate of drug-likeness (QED) is 0.0475. The van der Waals surface area contributed by atoms with Crippen LogP contribution in [0.3, 0.4) is 0 Å². The van der Waals surface area contributed by atoms with Gasteiger partial charge in [-0.15, -0.1) is 0 Å². The van der Waals surface area contributed by atoms with Crippen LogP contribution in [-0.4, -0.2) is 82.1 Å². The number of rotatable bonds is 46. The summed E-state index contributed by atoms with van der Waals surface area (Å²) in [5.41, 5.74) is 0. The van der Waals surface area contributed by atoms with Crippen molar-refractivity contribution in [1.82, 2.24) is 9.62 Å². The molecule has 10 heteroatoms. The summed E-state index contributed by atoms with van der Waals surface area (Å²) in [4.78, 5) is 27.9. The maximum absolute atomic E-state index is 12.9. The Bertz CT molecular complexity index is 1080. The van der Waals surface area contributed by atoms with Gasteiger partial charge in [0.15, 0.2) is 0 Å². The number of nitrogens with one attached hydrogen (secondary N) is 1. The molecule has 1 fully saturated rings. The molecule has 1 aliphatic rings. The second-order valence-electron chi connectivity index (χ2n) is 18.5. The molecule has 0 amide bonds. The molecule has 0 aliphatic carbocycles. The Morgan fingerprint density at radius 3 is 1.38 bits per heavy atom. The van der Waals surface area contributed by atoms with Crippen LogP contribution in [-0.2, 0) is 33.8 Å². The first-order valence-corrected chi connectivity index (χ1v) is 28.0. The number of ether oxygens (including phenoxy) is 3. The van der Waals surface area contributed by atoms with Crippen molar-refractivity contribution in [3.05, 3.63) is 0 Å². The highest BCUT2D eigenvalue weighted by Crippen LogP contribution is 2.19. The van der Waals surface area contributed by atoms with Gasteiger partial charge >= 0.3 is 11.9 Å². The Kier molecular flexibility index (Phi) is 39.3. The monoisotopic (exact) mass is 885 g/mol. The smallest absolute Gasteiger partial charge is 0.306 e. The van der Waals surface area contributed by atoms with E-state index in [9.17, 15) is 18.0 Å². The van der Waals surface area contributed by atoms with Crippen molar-refractivity contribution in [2.24, 2.45) is 0 Å². The molecule has 61 heavy (non-hydrogen) atoms. The summed E-state index contributed by atoms with van der Waals surface area (Å²) in [6, 6.07) is 0. The van der Waals surface area contributed by atoms with Crippen LogP contribution in [0, 0.1) is 0 Å². The third-order valence-corrected chi connectivity index (χ3v) is 14.5. The van der Waals surface area contributed by atoms with E-state index in [1.165, 1.54) is 96.3 Å². The Morgan fingerprint density at radius 1 is 0.541 bits per heavy atom. The van der Waals surface area contributed by atoms with Crippen molar-refractivity contribution in [3.8, 4) is 0 Å². The number of carbonyl (C=O) groups is 2. The van der Waals surface area contributed by atoms with Crippen molar-refractivity contribution >= 4 is 22.0 Å². The number of hydrogen-bond acceptors (Lipinski definition) is 8. The topological polar surface area (TPSA) is 111 Å². The number of carbonyl (C=O) groups excluding carboxylic acids is 2. The van der Waals surface area contributed by atoms with Crippen LogP contribution in [0.25, 0.3) is 0 Å². The lowest BCUT2D eigenvalue weighted by Gasteiger charge is -2.23. The molecule has 362 valence electrons. The lowest BCUT2D eigenvalue weighted by atomic mass is 10.0. The fourth-order valence-electron chi connectivity index (χ4n) is 8.55. The second kappa shape index (κ2) is 41.5. The number of sulfonamides is 1. The standard InChI is InChI=1S/C51H100N2O7S/c1-5-9-12-15-20-27-35-47(8-4)59-50(54)38-30-23-18-25-32-42-53(44-34-41-52-61(56,57)49-40-45-58-46-49)43-33-26-19-24-31-39-51(55)60-48(36-28-21-16-13-10-6-2)37-29-22-17-14-11-7-3/h47-49,52H,5-46H2,1-4H3. The zero-order valence-electron chi connectivity index (χ0n) is 40.6. The molecular formula is C51H100N2O7S. The van der Waals surface area contributed by atoms with Crippen molar-refractivity contribution in [2.75, 3.05) is 39.4 Å². The predicted octanol–water partition coefficient (Wildman–Crippen LogP) is 13.6. The van der Waals surface area contributed by atoms with Crippen molar-refractivity contribution in [1.29, 1.82) is 0 Å². The van der Waals surface area contributed by atoms with Crippen LogP contribution in [0.4, 0.5) is 0 Å². The minimum atomic E-state index is -3.33. The molecule has 1 heterocycles. The van der Waals surface area contributed by atoms with Crippen LogP contribution in [0.2, 0.25) is 0 Å². The van der Waals surface area contributed by atoms with Gasteiger partial charge in [0.1, 0.15) is 17.5 Å². The molecule has 0 aromatic rings. The van der Waals surface area contributed by atoms with E-state index in [-0.39, 0.29) is 24.1 Å². The third-order valence-electron chi connectivity index (χ3n) is 12.7. The summed E-state index contributed by atoms with van der Waals surface area (Å²) in [7, 11) is -3.33. The Balaban J connectivity index is 2.39. The Hall–Kier alpha value is -1.23. The van der Waals surface area contributed by atoms with Gasteiger partial charge in [-0.1, -0.05) is 163 Å². The van der Waals surface area contributed by atoms with Crippen LogP contribution in [0.5, 0.6) is 0 Å². The minimum absolute atomic E-state index is 0.00640. The number of hydrogen-bond donors (Lipinski definition) is 1. The fourth-order valence-corrected chi connectivity index (χ4v) is 9.90. The molecule has 0 radical (unpaired) electrons. The van der Waals surface area contributed by atoms with Gasteiger partial charge in [-0.3, -0.25) is 9.59 Å². The van der Waals surface area contributed by atoms with Gasteiger partial charge in [0.05, 0.1) is 6.61 Å². The van der Waals surface area contributed by atoms with Gasteiger partial charge in [0.2, 0.25) is 10.0 Å². The predicted molar refractivity (Wildman–Crippen MR) is 257 cm³/mol. The number of unbranched alkanes of at least 4 members (excludes halogenated alkanes) is 23. The summed E-state index contributed by atoms with van der Waals surface area (Å²) in [5, 5.41) is -0.429. The van der Waals surface area contributed by atoms with Crippen molar-refractivity contribution in [3.63, 3.8) is 0 Å². The van der Waals surface area contributed by atoms with Gasteiger partial charge in [0, 0.05) is 26.0 Å². The number of nitrogens with zero attached hydrogens (tertiary/aromatic N) is 1.